The summed E-state index contributed by atoms with van der Waals surface area (Å²) in [6.07, 6.45) is 4.27. The smallest absolute Gasteiger partial charge is 0.0813 e. The van der Waals surface area contributed by atoms with Crippen LogP contribution in [0.1, 0.15) is 19.3 Å². The first-order valence-electron chi connectivity index (χ1n) is 7.68. The Labute approximate surface area is 115 Å². The van der Waals surface area contributed by atoms with E-state index in [9.17, 15) is 0 Å². The number of hydrogen-bond acceptors (Lipinski definition) is 5. The van der Waals surface area contributed by atoms with Crippen LogP contribution in [0.5, 0.6) is 0 Å². The first kappa shape index (κ1) is 13.8. The van der Waals surface area contributed by atoms with Gasteiger partial charge in [0.05, 0.1) is 38.6 Å². The quantitative estimate of drug-likeness (QED) is 0.725. The molecule has 110 valence electrons. The van der Waals surface area contributed by atoms with Gasteiger partial charge in [0.25, 0.3) is 0 Å². The first-order chi connectivity index (χ1) is 9.42. The molecule has 5 nitrogen and oxygen atoms in total. The fourth-order valence-corrected chi connectivity index (χ4v) is 3.23. The van der Waals surface area contributed by atoms with Crippen molar-refractivity contribution < 1.29 is 14.2 Å². The van der Waals surface area contributed by atoms with Crippen molar-refractivity contribution in [1.82, 2.24) is 10.2 Å². The topological polar surface area (TPSA) is 43.0 Å². The Kier molecular flexibility index (Phi) is 5.07. The van der Waals surface area contributed by atoms with Crippen LogP contribution in [0.25, 0.3) is 0 Å². The van der Waals surface area contributed by atoms with Gasteiger partial charge in [-0.25, -0.2) is 0 Å². The molecule has 3 fully saturated rings. The molecule has 1 N–H and O–H groups in total. The molecular weight excluding hydrogens is 244 g/mol. The maximum atomic E-state index is 6.08. The number of morpholine rings is 1. The summed E-state index contributed by atoms with van der Waals surface area (Å²) in [5, 5.41) is 3.51. The summed E-state index contributed by atoms with van der Waals surface area (Å²) in [4.78, 5) is 2.40. The van der Waals surface area contributed by atoms with E-state index < -0.39 is 0 Å². The third-order valence-electron chi connectivity index (χ3n) is 4.41. The molecular formula is C14H26N2O3. The van der Waals surface area contributed by atoms with Crippen molar-refractivity contribution in [3.05, 3.63) is 0 Å². The van der Waals surface area contributed by atoms with Crippen molar-refractivity contribution in [3.8, 4) is 0 Å². The summed E-state index contributed by atoms with van der Waals surface area (Å²) in [6, 6.07) is 0.601. The highest BCUT2D eigenvalue weighted by Gasteiger charge is 2.34. The minimum Gasteiger partial charge on any atom is -0.379 e. The maximum Gasteiger partial charge on any atom is 0.0813 e. The van der Waals surface area contributed by atoms with Crippen LogP contribution in [0, 0.1) is 0 Å². The van der Waals surface area contributed by atoms with Gasteiger partial charge in [0.15, 0.2) is 0 Å². The van der Waals surface area contributed by atoms with E-state index in [0.29, 0.717) is 18.2 Å². The van der Waals surface area contributed by atoms with Crippen molar-refractivity contribution in [1.29, 1.82) is 0 Å². The van der Waals surface area contributed by atoms with Crippen LogP contribution in [0.4, 0.5) is 0 Å². The van der Waals surface area contributed by atoms with E-state index in [-0.39, 0.29) is 0 Å². The average molecular weight is 270 g/mol. The second kappa shape index (κ2) is 6.99. The fourth-order valence-electron chi connectivity index (χ4n) is 3.23. The molecule has 5 heteroatoms. The number of hydrogen-bond donors (Lipinski definition) is 1. The maximum absolute atomic E-state index is 6.08. The first-order valence-corrected chi connectivity index (χ1v) is 7.68. The zero-order chi connectivity index (χ0) is 12.9. The minimum atomic E-state index is 0.311. The molecule has 3 atom stereocenters. The van der Waals surface area contributed by atoms with Gasteiger partial charge in [0, 0.05) is 25.7 Å². The summed E-state index contributed by atoms with van der Waals surface area (Å²) in [6.45, 7) is 7.50. The monoisotopic (exact) mass is 270 g/mol. The summed E-state index contributed by atoms with van der Waals surface area (Å²) >= 11 is 0. The molecule has 0 aromatic carbocycles. The van der Waals surface area contributed by atoms with E-state index >= 15 is 0 Å². The van der Waals surface area contributed by atoms with Crippen molar-refractivity contribution in [2.45, 2.75) is 37.5 Å². The standard InChI is InChI=1S/C14H26N2O3/c1-2-13-14(3-4-15-13)19-12(1)11-18-10-7-16-5-8-17-9-6-16/h12-15H,1-11H2/t12-,13+,14+/m0/s1. The largest absolute Gasteiger partial charge is 0.379 e. The van der Waals surface area contributed by atoms with E-state index in [4.69, 9.17) is 14.2 Å². The van der Waals surface area contributed by atoms with Gasteiger partial charge in [-0.15, -0.1) is 0 Å². The predicted octanol–water partition coefficient (Wildman–Crippen LogP) is 0.245. The van der Waals surface area contributed by atoms with Gasteiger partial charge >= 0.3 is 0 Å². The highest BCUT2D eigenvalue weighted by atomic mass is 16.5. The second-order valence-corrected chi connectivity index (χ2v) is 5.75. The molecule has 3 aliphatic rings. The molecule has 3 aliphatic heterocycles. The van der Waals surface area contributed by atoms with E-state index in [1.165, 1.54) is 6.42 Å². The molecule has 0 saturated carbocycles. The molecule has 0 spiro atoms. The Hall–Kier alpha value is -0.200. The SMILES string of the molecule is C1C[C@H]2O[C@H](COCCN3CCOCC3)CC[C@H]2N1. The Morgan fingerprint density at radius 2 is 2.05 bits per heavy atom. The van der Waals surface area contributed by atoms with Gasteiger partial charge in [-0.3, -0.25) is 4.90 Å². The van der Waals surface area contributed by atoms with Crippen LogP contribution >= 0.6 is 0 Å². The lowest BCUT2D eigenvalue weighted by molar-refractivity contribution is -0.0907. The number of ether oxygens (including phenoxy) is 3. The number of nitrogens with one attached hydrogen (secondary N) is 1. The van der Waals surface area contributed by atoms with Crippen LogP contribution < -0.4 is 5.32 Å². The highest BCUT2D eigenvalue weighted by Crippen LogP contribution is 2.25. The lowest BCUT2D eigenvalue weighted by atomic mass is 10.0. The Morgan fingerprint density at radius 3 is 2.95 bits per heavy atom. The fraction of sp³-hybridized carbons (Fsp3) is 1.00. The van der Waals surface area contributed by atoms with E-state index in [1.807, 2.05) is 0 Å². The number of fused-ring (bicyclic) bond motifs is 1. The van der Waals surface area contributed by atoms with Crippen LogP contribution in [0.15, 0.2) is 0 Å². The summed E-state index contributed by atoms with van der Waals surface area (Å²) in [5.41, 5.74) is 0. The van der Waals surface area contributed by atoms with Gasteiger partial charge < -0.3 is 19.5 Å². The van der Waals surface area contributed by atoms with Gasteiger partial charge in [0.2, 0.25) is 0 Å². The molecule has 19 heavy (non-hydrogen) atoms. The third-order valence-corrected chi connectivity index (χ3v) is 4.41. The molecule has 0 aromatic rings. The molecule has 0 amide bonds. The van der Waals surface area contributed by atoms with Gasteiger partial charge in [-0.2, -0.15) is 0 Å². The van der Waals surface area contributed by atoms with E-state index in [1.54, 1.807) is 0 Å². The normalized spacial score (nSPS) is 36.3. The van der Waals surface area contributed by atoms with Crippen LogP contribution in [-0.4, -0.2) is 75.8 Å². The molecule has 0 bridgehead atoms. The van der Waals surface area contributed by atoms with Crippen molar-refractivity contribution >= 4 is 0 Å². The number of rotatable bonds is 5. The van der Waals surface area contributed by atoms with Crippen LogP contribution in [0.2, 0.25) is 0 Å². The van der Waals surface area contributed by atoms with Gasteiger partial charge in [-0.05, 0) is 25.8 Å². The Bertz CT molecular complexity index is 271. The van der Waals surface area contributed by atoms with E-state index in [0.717, 1.165) is 65.4 Å². The van der Waals surface area contributed by atoms with Crippen LogP contribution in [-0.2, 0) is 14.2 Å². The molecule has 3 saturated heterocycles. The molecule has 3 heterocycles. The zero-order valence-corrected chi connectivity index (χ0v) is 11.7. The summed E-state index contributed by atoms with van der Waals surface area (Å²) in [5.74, 6) is 0. The lowest BCUT2D eigenvalue weighted by Crippen LogP contribution is -2.42. The van der Waals surface area contributed by atoms with Crippen molar-refractivity contribution in [3.63, 3.8) is 0 Å². The highest BCUT2D eigenvalue weighted by molar-refractivity contribution is 4.89. The predicted molar refractivity (Wildman–Crippen MR) is 72.4 cm³/mol. The van der Waals surface area contributed by atoms with Gasteiger partial charge in [0.1, 0.15) is 0 Å². The molecule has 3 rings (SSSR count). The zero-order valence-electron chi connectivity index (χ0n) is 11.7. The molecule has 0 radical (unpaired) electrons. The third kappa shape index (κ3) is 3.89. The lowest BCUT2D eigenvalue weighted by Gasteiger charge is -2.32. The summed E-state index contributed by atoms with van der Waals surface area (Å²) < 4.78 is 17.2. The second-order valence-electron chi connectivity index (χ2n) is 5.75. The molecule has 0 aliphatic carbocycles. The molecule has 0 unspecified atom stereocenters. The minimum absolute atomic E-state index is 0.311. The van der Waals surface area contributed by atoms with Crippen molar-refractivity contribution in [2.24, 2.45) is 0 Å². The summed E-state index contributed by atoms with van der Waals surface area (Å²) in [7, 11) is 0. The Balaban J connectivity index is 1.27. The van der Waals surface area contributed by atoms with Crippen LogP contribution in [0.3, 0.4) is 0 Å². The van der Waals surface area contributed by atoms with Crippen molar-refractivity contribution in [2.75, 3.05) is 52.6 Å². The number of nitrogens with zero attached hydrogens (tertiary/aromatic N) is 1. The van der Waals surface area contributed by atoms with Gasteiger partial charge in [-0.1, -0.05) is 0 Å². The van der Waals surface area contributed by atoms with E-state index in [2.05, 4.69) is 10.2 Å². The average Bonchev–Trinajstić information content (AvgIpc) is 2.92. The Morgan fingerprint density at radius 1 is 1.16 bits per heavy atom. The molecule has 0 aromatic heterocycles.